The van der Waals surface area contributed by atoms with E-state index in [4.69, 9.17) is 0 Å². The van der Waals surface area contributed by atoms with Gasteiger partial charge in [0.05, 0.1) is 11.2 Å². The maximum Gasteiger partial charge on any atom is 0.254 e. The Morgan fingerprint density at radius 1 is 1.19 bits per heavy atom. The summed E-state index contributed by atoms with van der Waals surface area (Å²) < 4.78 is 14.0. The van der Waals surface area contributed by atoms with Gasteiger partial charge in [0.1, 0.15) is 11.6 Å². The van der Waals surface area contributed by atoms with Crippen LogP contribution in [0.5, 0.6) is 0 Å². The molecule has 0 bridgehead atoms. The van der Waals surface area contributed by atoms with E-state index < -0.39 is 5.82 Å². The molecule has 134 valence electrons. The van der Waals surface area contributed by atoms with Crippen LogP contribution in [0.2, 0.25) is 0 Å². The lowest BCUT2D eigenvalue weighted by molar-refractivity contribution is 0.275. The van der Waals surface area contributed by atoms with E-state index in [9.17, 15) is 14.0 Å². The van der Waals surface area contributed by atoms with Gasteiger partial charge >= 0.3 is 0 Å². The standard InChI is InChI=1S/C19H19FN4O2/c1-11-21-16-6-8-24(7-5-13(16)19(26)22-11)10-12-9-17(25)14-3-2-4-15(20)18(14)23-12/h2-4,9H,5-8,10H2,1H3,(H,23,25)(H,21,22,26). The maximum absolute atomic E-state index is 14.0. The summed E-state index contributed by atoms with van der Waals surface area (Å²) in [6.45, 7) is 3.67. The highest BCUT2D eigenvalue weighted by molar-refractivity contribution is 5.78. The van der Waals surface area contributed by atoms with E-state index in [0.717, 1.165) is 17.8 Å². The van der Waals surface area contributed by atoms with E-state index in [1.165, 1.54) is 18.2 Å². The van der Waals surface area contributed by atoms with Gasteiger partial charge in [0, 0.05) is 48.8 Å². The van der Waals surface area contributed by atoms with Gasteiger partial charge in [-0.2, -0.15) is 0 Å². The zero-order valence-electron chi connectivity index (χ0n) is 14.4. The highest BCUT2D eigenvalue weighted by Gasteiger charge is 2.19. The van der Waals surface area contributed by atoms with Gasteiger partial charge in [-0.15, -0.1) is 0 Å². The van der Waals surface area contributed by atoms with Crippen molar-refractivity contribution < 1.29 is 4.39 Å². The van der Waals surface area contributed by atoms with Crippen molar-refractivity contribution in [2.45, 2.75) is 26.3 Å². The minimum absolute atomic E-state index is 0.0736. The van der Waals surface area contributed by atoms with Crippen molar-refractivity contribution in [3.63, 3.8) is 0 Å². The zero-order valence-corrected chi connectivity index (χ0v) is 14.4. The van der Waals surface area contributed by atoms with E-state index in [-0.39, 0.29) is 16.5 Å². The molecule has 1 aliphatic rings. The molecule has 0 atom stereocenters. The normalized spacial score (nSPS) is 15.0. The molecule has 0 aliphatic carbocycles. The van der Waals surface area contributed by atoms with Crippen LogP contribution >= 0.6 is 0 Å². The molecule has 1 aromatic carbocycles. The fraction of sp³-hybridized carbons (Fsp3) is 0.316. The minimum Gasteiger partial charge on any atom is -0.355 e. The third-order valence-corrected chi connectivity index (χ3v) is 4.83. The van der Waals surface area contributed by atoms with Crippen molar-refractivity contribution in [2.24, 2.45) is 0 Å². The summed E-state index contributed by atoms with van der Waals surface area (Å²) in [5.41, 5.74) is 2.21. The van der Waals surface area contributed by atoms with Gasteiger partial charge in [-0.1, -0.05) is 6.07 Å². The van der Waals surface area contributed by atoms with Crippen molar-refractivity contribution >= 4 is 10.9 Å². The molecule has 0 saturated carbocycles. The second-order valence-electron chi connectivity index (χ2n) is 6.67. The number of hydrogen-bond donors (Lipinski definition) is 2. The molecule has 0 spiro atoms. The number of benzene rings is 1. The first kappa shape index (κ1) is 16.7. The minimum atomic E-state index is -0.434. The summed E-state index contributed by atoms with van der Waals surface area (Å²) in [7, 11) is 0. The Balaban J connectivity index is 1.60. The Labute approximate surface area is 148 Å². The smallest absolute Gasteiger partial charge is 0.254 e. The average molecular weight is 354 g/mol. The second kappa shape index (κ2) is 6.49. The van der Waals surface area contributed by atoms with Crippen LogP contribution in [0.1, 0.15) is 22.8 Å². The molecular weight excluding hydrogens is 335 g/mol. The van der Waals surface area contributed by atoms with Gasteiger partial charge < -0.3 is 9.97 Å². The van der Waals surface area contributed by atoms with Crippen LogP contribution in [-0.2, 0) is 19.4 Å². The topological polar surface area (TPSA) is 81.8 Å². The molecule has 2 aromatic heterocycles. The monoisotopic (exact) mass is 354 g/mol. The first-order chi connectivity index (χ1) is 12.5. The lowest BCUT2D eigenvalue weighted by atomic mass is 10.1. The molecule has 3 aromatic rings. The molecule has 26 heavy (non-hydrogen) atoms. The van der Waals surface area contributed by atoms with Gasteiger partial charge in [0.2, 0.25) is 0 Å². The largest absolute Gasteiger partial charge is 0.355 e. The first-order valence-electron chi connectivity index (χ1n) is 8.63. The molecular formula is C19H19FN4O2. The summed E-state index contributed by atoms with van der Waals surface area (Å²) in [6.07, 6.45) is 1.27. The van der Waals surface area contributed by atoms with Crippen molar-refractivity contribution in [2.75, 3.05) is 13.1 Å². The van der Waals surface area contributed by atoms with Crippen molar-refractivity contribution in [1.29, 1.82) is 0 Å². The van der Waals surface area contributed by atoms with Crippen LogP contribution in [0.15, 0.2) is 33.9 Å². The van der Waals surface area contributed by atoms with Gasteiger partial charge in [-0.25, -0.2) is 9.37 Å². The van der Waals surface area contributed by atoms with E-state index in [1.54, 1.807) is 13.0 Å². The molecule has 3 heterocycles. The summed E-state index contributed by atoms with van der Waals surface area (Å²) in [5, 5.41) is 0.350. The number of aromatic amines is 2. The van der Waals surface area contributed by atoms with Crippen LogP contribution in [-0.4, -0.2) is 32.9 Å². The highest BCUT2D eigenvalue weighted by Crippen LogP contribution is 2.15. The summed E-state index contributed by atoms with van der Waals surface area (Å²) >= 11 is 0. The number of aryl methyl sites for hydroxylation is 1. The number of halogens is 1. The first-order valence-corrected chi connectivity index (χ1v) is 8.63. The number of H-pyrrole nitrogens is 2. The summed E-state index contributed by atoms with van der Waals surface area (Å²) in [5.74, 6) is 0.187. The molecule has 0 fully saturated rings. The molecule has 0 saturated heterocycles. The molecule has 0 radical (unpaired) electrons. The van der Waals surface area contributed by atoms with Gasteiger partial charge in [0.15, 0.2) is 5.43 Å². The summed E-state index contributed by atoms with van der Waals surface area (Å²) in [4.78, 5) is 36.8. The predicted octanol–water partition coefficient (Wildman–Crippen LogP) is 1.66. The number of fused-ring (bicyclic) bond motifs is 2. The number of nitrogens with zero attached hydrogens (tertiary/aromatic N) is 2. The fourth-order valence-electron chi connectivity index (χ4n) is 3.55. The van der Waals surface area contributed by atoms with Crippen LogP contribution in [0, 0.1) is 12.7 Å². The molecule has 2 N–H and O–H groups in total. The van der Waals surface area contributed by atoms with Crippen molar-refractivity contribution in [3.8, 4) is 0 Å². The molecule has 1 aliphatic heterocycles. The number of aromatic nitrogens is 3. The fourth-order valence-corrected chi connectivity index (χ4v) is 3.55. The number of hydrogen-bond acceptors (Lipinski definition) is 4. The lowest BCUT2D eigenvalue weighted by Gasteiger charge is -2.19. The van der Waals surface area contributed by atoms with Gasteiger partial charge in [-0.05, 0) is 25.5 Å². The second-order valence-corrected chi connectivity index (χ2v) is 6.67. The highest BCUT2D eigenvalue weighted by atomic mass is 19.1. The van der Waals surface area contributed by atoms with Gasteiger partial charge in [0.25, 0.3) is 5.56 Å². The molecule has 6 nitrogen and oxygen atoms in total. The average Bonchev–Trinajstić information content (AvgIpc) is 2.79. The molecule has 4 rings (SSSR count). The van der Waals surface area contributed by atoms with Crippen LogP contribution in [0.25, 0.3) is 10.9 Å². The predicted molar refractivity (Wildman–Crippen MR) is 96.8 cm³/mol. The van der Waals surface area contributed by atoms with Crippen LogP contribution in [0.4, 0.5) is 4.39 Å². The zero-order chi connectivity index (χ0) is 18.3. The maximum atomic E-state index is 14.0. The van der Waals surface area contributed by atoms with E-state index in [0.29, 0.717) is 42.8 Å². The number of nitrogens with one attached hydrogen (secondary N) is 2. The third kappa shape index (κ3) is 3.06. The molecule has 0 unspecified atom stereocenters. The number of para-hydroxylation sites is 1. The Morgan fingerprint density at radius 2 is 2.00 bits per heavy atom. The molecule has 0 amide bonds. The lowest BCUT2D eigenvalue weighted by Crippen LogP contribution is -2.27. The Hall–Kier alpha value is -2.80. The van der Waals surface area contributed by atoms with Crippen molar-refractivity contribution in [1.82, 2.24) is 19.9 Å². The third-order valence-electron chi connectivity index (χ3n) is 4.83. The quantitative estimate of drug-likeness (QED) is 0.733. The van der Waals surface area contributed by atoms with E-state index >= 15 is 0 Å². The van der Waals surface area contributed by atoms with Crippen molar-refractivity contribution in [3.05, 3.63) is 73.4 Å². The van der Waals surface area contributed by atoms with Crippen LogP contribution in [0.3, 0.4) is 0 Å². The SMILES string of the molecule is Cc1nc2c(c(=O)[nH]1)CCN(Cc1cc(=O)c3cccc(F)c3[nH]1)CC2. The van der Waals surface area contributed by atoms with E-state index in [2.05, 4.69) is 19.9 Å². The van der Waals surface area contributed by atoms with E-state index in [1.807, 2.05) is 0 Å². The van der Waals surface area contributed by atoms with Crippen LogP contribution < -0.4 is 11.0 Å². The Morgan fingerprint density at radius 3 is 2.85 bits per heavy atom. The molecule has 7 heteroatoms. The Kier molecular flexibility index (Phi) is 4.16. The Bertz CT molecular complexity index is 1100. The number of pyridine rings is 1. The van der Waals surface area contributed by atoms with Gasteiger partial charge in [-0.3, -0.25) is 14.5 Å². The number of rotatable bonds is 2. The summed E-state index contributed by atoms with van der Waals surface area (Å²) in [6, 6.07) is 6.01.